The van der Waals surface area contributed by atoms with Gasteiger partial charge in [0.2, 0.25) is 0 Å². The molecule has 0 saturated carbocycles. The van der Waals surface area contributed by atoms with Crippen molar-refractivity contribution < 1.29 is 4.74 Å². The average molecular weight is 523 g/mol. The average Bonchev–Trinajstić information content (AvgIpc) is 3.23. The van der Waals surface area contributed by atoms with Crippen molar-refractivity contribution in [3.8, 4) is 22.8 Å². The second-order valence-corrected chi connectivity index (χ2v) is 10.7. The summed E-state index contributed by atoms with van der Waals surface area (Å²) < 4.78 is 8.84. The zero-order valence-electron chi connectivity index (χ0n) is 19.4. The van der Waals surface area contributed by atoms with Crippen LogP contribution in [0.2, 0.25) is 0 Å². The maximum Gasteiger partial charge on any atom is 0.196 e. The molecule has 0 fully saturated rings. The highest BCUT2D eigenvalue weighted by Gasteiger charge is 2.18. The predicted molar refractivity (Wildman–Crippen MR) is 140 cm³/mol. The van der Waals surface area contributed by atoms with Crippen LogP contribution in [0.15, 0.2) is 82.4 Å². The van der Waals surface area contributed by atoms with Crippen LogP contribution in [0.1, 0.15) is 38.8 Å². The van der Waals surface area contributed by atoms with E-state index in [9.17, 15) is 0 Å². The van der Waals surface area contributed by atoms with Gasteiger partial charge in [-0.3, -0.25) is 4.57 Å². The largest absolute Gasteiger partial charge is 0.494 e. The Morgan fingerprint density at radius 3 is 2.15 bits per heavy atom. The van der Waals surface area contributed by atoms with E-state index < -0.39 is 0 Å². The number of aromatic nitrogens is 3. The maximum atomic E-state index is 5.63. The Morgan fingerprint density at radius 2 is 1.55 bits per heavy atom. The normalized spacial score (nSPS) is 11.5. The van der Waals surface area contributed by atoms with Crippen LogP contribution in [-0.4, -0.2) is 21.4 Å². The second kappa shape index (κ2) is 10.1. The van der Waals surface area contributed by atoms with Gasteiger partial charge in [0.05, 0.1) is 6.61 Å². The van der Waals surface area contributed by atoms with E-state index >= 15 is 0 Å². The monoisotopic (exact) mass is 521 g/mol. The number of halogens is 1. The van der Waals surface area contributed by atoms with E-state index in [4.69, 9.17) is 4.74 Å². The molecule has 0 spiro atoms. The highest BCUT2D eigenvalue weighted by molar-refractivity contribution is 9.10. The van der Waals surface area contributed by atoms with Crippen molar-refractivity contribution in [3.05, 3.63) is 88.4 Å². The van der Waals surface area contributed by atoms with E-state index in [2.05, 4.69) is 112 Å². The number of hydrogen-bond acceptors (Lipinski definition) is 4. The van der Waals surface area contributed by atoms with Gasteiger partial charge >= 0.3 is 0 Å². The minimum atomic E-state index is 0.104. The standard InChI is InChI=1S/C27H28BrN3OS/c1-5-32-24-16-14-23(15-17-24)31-25(20-8-10-21(11-9-20)27(2,3)4)29-30-26(31)33-18-19-6-12-22(28)13-7-19/h6-17H,5,18H2,1-4H3. The van der Waals surface area contributed by atoms with Crippen LogP contribution in [0.4, 0.5) is 0 Å². The molecule has 0 amide bonds. The Balaban J connectivity index is 1.70. The fourth-order valence-electron chi connectivity index (χ4n) is 3.49. The molecule has 3 aromatic carbocycles. The summed E-state index contributed by atoms with van der Waals surface area (Å²) >= 11 is 5.18. The van der Waals surface area contributed by atoms with Crippen molar-refractivity contribution in [1.82, 2.24) is 14.8 Å². The van der Waals surface area contributed by atoms with Gasteiger partial charge in [-0.15, -0.1) is 10.2 Å². The first-order valence-corrected chi connectivity index (χ1v) is 12.8. The van der Waals surface area contributed by atoms with Gasteiger partial charge in [-0.2, -0.15) is 0 Å². The Morgan fingerprint density at radius 1 is 0.879 bits per heavy atom. The van der Waals surface area contributed by atoms with Crippen molar-refractivity contribution in [1.29, 1.82) is 0 Å². The van der Waals surface area contributed by atoms with E-state index in [1.165, 1.54) is 11.1 Å². The van der Waals surface area contributed by atoms with Gasteiger partial charge in [0.25, 0.3) is 0 Å². The first-order chi connectivity index (χ1) is 15.8. The summed E-state index contributed by atoms with van der Waals surface area (Å²) in [5.41, 5.74) is 4.69. The molecule has 4 rings (SSSR count). The van der Waals surface area contributed by atoms with E-state index in [0.29, 0.717) is 6.61 Å². The third-order valence-corrected chi connectivity index (χ3v) is 6.86. The van der Waals surface area contributed by atoms with E-state index in [0.717, 1.165) is 38.2 Å². The van der Waals surface area contributed by atoms with E-state index in [1.54, 1.807) is 11.8 Å². The molecule has 0 bridgehead atoms. The van der Waals surface area contributed by atoms with Crippen molar-refractivity contribution in [2.75, 3.05) is 6.61 Å². The summed E-state index contributed by atoms with van der Waals surface area (Å²) in [5.74, 6) is 2.50. The third-order valence-electron chi connectivity index (χ3n) is 5.33. The minimum Gasteiger partial charge on any atom is -0.494 e. The molecule has 0 aliphatic heterocycles. The number of nitrogens with zero attached hydrogens (tertiary/aromatic N) is 3. The molecule has 4 aromatic rings. The molecule has 1 heterocycles. The molecular formula is C27H28BrN3OS. The SMILES string of the molecule is CCOc1ccc(-n2c(SCc3ccc(Br)cc3)nnc2-c2ccc(C(C)(C)C)cc2)cc1. The minimum absolute atomic E-state index is 0.104. The molecule has 0 N–H and O–H groups in total. The van der Waals surface area contributed by atoms with Crippen LogP contribution >= 0.6 is 27.7 Å². The number of rotatable bonds is 7. The van der Waals surface area contributed by atoms with Gasteiger partial charge in [0.1, 0.15) is 5.75 Å². The van der Waals surface area contributed by atoms with Crippen molar-refractivity contribution in [2.45, 2.75) is 44.0 Å². The first kappa shape index (κ1) is 23.6. The summed E-state index contributed by atoms with van der Waals surface area (Å²) in [6.45, 7) is 9.31. The van der Waals surface area contributed by atoms with Crippen molar-refractivity contribution in [3.63, 3.8) is 0 Å². The highest BCUT2D eigenvalue weighted by atomic mass is 79.9. The summed E-state index contributed by atoms with van der Waals surface area (Å²) in [6.07, 6.45) is 0. The molecule has 170 valence electrons. The second-order valence-electron chi connectivity index (χ2n) is 8.81. The van der Waals surface area contributed by atoms with E-state index in [1.807, 2.05) is 19.1 Å². The molecule has 4 nitrogen and oxygen atoms in total. The summed E-state index contributed by atoms with van der Waals surface area (Å²) in [6, 6.07) is 25.1. The molecule has 0 saturated heterocycles. The molecule has 0 aliphatic carbocycles. The smallest absolute Gasteiger partial charge is 0.196 e. The van der Waals surface area contributed by atoms with Crippen molar-refractivity contribution >= 4 is 27.7 Å². The fraction of sp³-hybridized carbons (Fsp3) is 0.259. The fourth-order valence-corrected chi connectivity index (χ4v) is 4.66. The molecule has 0 unspecified atom stereocenters. The lowest BCUT2D eigenvalue weighted by atomic mass is 9.87. The zero-order valence-corrected chi connectivity index (χ0v) is 21.8. The molecule has 0 atom stereocenters. The van der Waals surface area contributed by atoms with Crippen LogP contribution in [0, 0.1) is 0 Å². The van der Waals surface area contributed by atoms with Gasteiger partial charge in [-0.05, 0) is 59.9 Å². The van der Waals surface area contributed by atoms with Crippen LogP contribution < -0.4 is 4.74 Å². The van der Waals surface area contributed by atoms with Crippen LogP contribution in [0.5, 0.6) is 5.75 Å². The Labute approximate surface area is 208 Å². The van der Waals surface area contributed by atoms with Crippen LogP contribution in [0.3, 0.4) is 0 Å². The maximum absolute atomic E-state index is 5.63. The highest BCUT2D eigenvalue weighted by Crippen LogP contribution is 2.32. The topological polar surface area (TPSA) is 39.9 Å². The van der Waals surface area contributed by atoms with Gasteiger partial charge in [0.15, 0.2) is 11.0 Å². The number of hydrogen-bond donors (Lipinski definition) is 0. The Hall–Kier alpha value is -2.57. The zero-order chi connectivity index (χ0) is 23.4. The lowest BCUT2D eigenvalue weighted by molar-refractivity contribution is 0.340. The van der Waals surface area contributed by atoms with Gasteiger partial charge in [-0.25, -0.2) is 0 Å². The molecular weight excluding hydrogens is 494 g/mol. The Kier molecular flexibility index (Phi) is 7.25. The third kappa shape index (κ3) is 5.68. The van der Waals surface area contributed by atoms with Crippen LogP contribution in [-0.2, 0) is 11.2 Å². The Bertz CT molecular complexity index is 1190. The summed E-state index contributed by atoms with van der Waals surface area (Å²) in [5, 5.41) is 10.0. The van der Waals surface area contributed by atoms with Gasteiger partial charge < -0.3 is 4.74 Å². The summed E-state index contributed by atoms with van der Waals surface area (Å²) in [7, 11) is 0. The van der Waals surface area contributed by atoms with Gasteiger partial charge in [0, 0.05) is 21.5 Å². The van der Waals surface area contributed by atoms with Crippen LogP contribution in [0.25, 0.3) is 17.1 Å². The lowest BCUT2D eigenvalue weighted by Gasteiger charge is -2.19. The van der Waals surface area contributed by atoms with E-state index in [-0.39, 0.29) is 5.41 Å². The first-order valence-electron chi connectivity index (χ1n) is 11.0. The number of ether oxygens (including phenoxy) is 1. The lowest BCUT2D eigenvalue weighted by Crippen LogP contribution is -2.10. The number of thioether (sulfide) groups is 1. The molecule has 1 aromatic heterocycles. The quantitative estimate of drug-likeness (QED) is 0.233. The number of benzene rings is 3. The predicted octanol–water partition coefficient (Wildman–Crippen LogP) is 7.69. The van der Waals surface area contributed by atoms with Gasteiger partial charge in [-0.1, -0.05) is 84.9 Å². The molecule has 6 heteroatoms. The van der Waals surface area contributed by atoms with Crippen molar-refractivity contribution in [2.24, 2.45) is 0 Å². The summed E-state index contributed by atoms with van der Waals surface area (Å²) in [4.78, 5) is 0. The molecule has 0 aliphatic rings. The molecule has 33 heavy (non-hydrogen) atoms. The molecule has 0 radical (unpaired) electrons.